The van der Waals surface area contributed by atoms with Gasteiger partial charge in [-0.3, -0.25) is 14.6 Å². The first-order valence-electron chi connectivity index (χ1n) is 9.42. The molecule has 0 spiro atoms. The molecule has 0 atom stereocenters. The third-order valence-electron chi connectivity index (χ3n) is 4.57. The number of hydrogen-bond donors (Lipinski definition) is 2. The Balaban J connectivity index is 1.66. The molecule has 4 aromatic rings. The third kappa shape index (κ3) is 4.86. The van der Waals surface area contributed by atoms with Crippen LogP contribution in [-0.2, 0) is 6.42 Å². The Labute approximate surface area is 194 Å². The molecule has 0 saturated carbocycles. The molecule has 12 heteroatoms. The molecule has 9 nitrogen and oxygen atoms in total. The third-order valence-corrected chi connectivity index (χ3v) is 5.13. The lowest BCUT2D eigenvalue weighted by Crippen LogP contribution is -2.32. The maximum Gasteiger partial charge on any atom is 0.349 e. The highest BCUT2D eigenvalue weighted by Crippen LogP contribution is 2.37. The van der Waals surface area contributed by atoms with Crippen molar-refractivity contribution >= 4 is 23.2 Å². The molecule has 2 aromatic heterocycles. The van der Waals surface area contributed by atoms with Crippen LogP contribution < -0.4 is 21.5 Å². The summed E-state index contributed by atoms with van der Waals surface area (Å²) in [4.78, 5) is 37.9. The normalized spacial score (nSPS) is 10.9. The van der Waals surface area contributed by atoms with E-state index in [1.54, 1.807) is 12.1 Å². The Morgan fingerprint density at radius 1 is 1.06 bits per heavy atom. The summed E-state index contributed by atoms with van der Waals surface area (Å²) in [5.41, 5.74) is -0.685. The minimum Gasteiger partial charge on any atom is -0.434 e. The monoisotopic (exact) mass is 489 g/mol. The molecule has 0 saturated heterocycles. The van der Waals surface area contributed by atoms with Gasteiger partial charge < -0.3 is 4.74 Å². The van der Waals surface area contributed by atoms with Crippen LogP contribution in [0.15, 0.2) is 56.8 Å². The van der Waals surface area contributed by atoms with Crippen molar-refractivity contribution in [2.75, 3.05) is 0 Å². The van der Waals surface area contributed by atoms with Crippen LogP contribution in [0.2, 0.25) is 10.0 Å². The SMILES string of the molecule is Cc1nn(-c2cc(Cl)c(Oc3cc(Cc4cccc(F)c4)c(=O)[nH]n3)c(Cl)c2)c(=O)[nH]c1=O. The van der Waals surface area contributed by atoms with Crippen LogP contribution in [0.5, 0.6) is 11.6 Å². The first-order valence-corrected chi connectivity index (χ1v) is 10.2. The van der Waals surface area contributed by atoms with E-state index >= 15 is 0 Å². The first kappa shape index (κ1) is 22.4. The Morgan fingerprint density at radius 2 is 1.79 bits per heavy atom. The fourth-order valence-electron chi connectivity index (χ4n) is 3.00. The van der Waals surface area contributed by atoms with Crippen molar-refractivity contribution in [3.63, 3.8) is 0 Å². The molecule has 2 aromatic carbocycles. The Morgan fingerprint density at radius 3 is 2.48 bits per heavy atom. The van der Waals surface area contributed by atoms with Crippen molar-refractivity contribution in [3.05, 3.63) is 106 Å². The lowest BCUT2D eigenvalue weighted by atomic mass is 10.1. The van der Waals surface area contributed by atoms with Crippen molar-refractivity contribution < 1.29 is 9.13 Å². The van der Waals surface area contributed by atoms with Gasteiger partial charge in [-0.05, 0) is 36.8 Å². The van der Waals surface area contributed by atoms with E-state index in [0.29, 0.717) is 5.56 Å². The highest BCUT2D eigenvalue weighted by molar-refractivity contribution is 6.37. The molecular weight excluding hydrogens is 476 g/mol. The summed E-state index contributed by atoms with van der Waals surface area (Å²) in [7, 11) is 0. The molecule has 0 radical (unpaired) electrons. The number of aromatic nitrogens is 5. The number of benzene rings is 2. The molecule has 168 valence electrons. The summed E-state index contributed by atoms with van der Waals surface area (Å²) in [6.07, 6.45) is 0.145. The van der Waals surface area contributed by atoms with Crippen LogP contribution in [0.1, 0.15) is 16.8 Å². The number of rotatable bonds is 5. The molecule has 0 fully saturated rings. The van der Waals surface area contributed by atoms with Crippen molar-refractivity contribution in [1.82, 2.24) is 25.0 Å². The van der Waals surface area contributed by atoms with E-state index in [4.69, 9.17) is 27.9 Å². The zero-order valence-corrected chi connectivity index (χ0v) is 18.4. The molecule has 0 aliphatic rings. The van der Waals surface area contributed by atoms with Crippen LogP contribution in [0, 0.1) is 12.7 Å². The van der Waals surface area contributed by atoms with E-state index in [2.05, 4.69) is 20.3 Å². The average Bonchev–Trinajstić information content (AvgIpc) is 2.75. The van der Waals surface area contributed by atoms with Gasteiger partial charge in [-0.1, -0.05) is 35.3 Å². The van der Waals surface area contributed by atoms with Gasteiger partial charge in [0.2, 0.25) is 5.88 Å². The van der Waals surface area contributed by atoms with Gasteiger partial charge in [-0.25, -0.2) is 14.3 Å². The summed E-state index contributed by atoms with van der Waals surface area (Å²) in [5.74, 6) is -0.403. The van der Waals surface area contributed by atoms with Gasteiger partial charge in [0.15, 0.2) is 5.75 Å². The van der Waals surface area contributed by atoms with Gasteiger partial charge in [0.1, 0.15) is 11.5 Å². The van der Waals surface area contributed by atoms with Crippen LogP contribution in [0.25, 0.3) is 5.69 Å². The van der Waals surface area contributed by atoms with E-state index < -0.39 is 22.6 Å². The van der Waals surface area contributed by atoms with Crippen LogP contribution >= 0.6 is 23.2 Å². The second-order valence-corrected chi connectivity index (χ2v) is 7.78. The van der Waals surface area contributed by atoms with Gasteiger partial charge in [-0.15, -0.1) is 5.10 Å². The summed E-state index contributed by atoms with van der Waals surface area (Å²) < 4.78 is 20.1. The number of halogens is 3. The maximum absolute atomic E-state index is 13.5. The van der Waals surface area contributed by atoms with Gasteiger partial charge in [0, 0.05) is 18.1 Å². The van der Waals surface area contributed by atoms with Crippen LogP contribution in [0.3, 0.4) is 0 Å². The van der Waals surface area contributed by atoms with Gasteiger partial charge in [0.25, 0.3) is 11.1 Å². The molecular formula is C21H14Cl2FN5O4. The summed E-state index contributed by atoms with van der Waals surface area (Å²) in [5, 5.41) is 10.1. The maximum atomic E-state index is 13.5. The van der Waals surface area contributed by atoms with Gasteiger partial charge in [-0.2, -0.15) is 9.78 Å². The summed E-state index contributed by atoms with van der Waals surface area (Å²) >= 11 is 12.6. The van der Waals surface area contributed by atoms with Crippen molar-refractivity contribution in [2.45, 2.75) is 13.3 Å². The lowest BCUT2D eigenvalue weighted by molar-refractivity contribution is 0.453. The van der Waals surface area contributed by atoms with Gasteiger partial charge >= 0.3 is 5.69 Å². The molecule has 0 amide bonds. The van der Waals surface area contributed by atoms with Crippen molar-refractivity contribution in [3.8, 4) is 17.3 Å². The summed E-state index contributed by atoms with van der Waals surface area (Å²) in [6, 6.07) is 9.99. The highest BCUT2D eigenvalue weighted by atomic mass is 35.5. The molecule has 0 aliphatic heterocycles. The summed E-state index contributed by atoms with van der Waals surface area (Å²) in [6.45, 7) is 1.44. The predicted octanol–water partition coefficient (Wildman–Crippen LogP) is 3.14. The topological polar surface area (TPSA) is 123 Å². The molecule has 0 unspecified atom stereocenters. The standard InChI is InChI=1S/C21H14Cl2FN5O4/c1-10-19(30)25-21(32)29(28-10)14-8-15(22)18(16(23)9-14)33-17-7-12(20(31)27-26-17)5-11-3-2-4-13(24)6-11/h2-4,6-9H,5H2,1H3,(H,27,31)(H,25,30,32). The van der Waals surface area contributed by atoms with Crippen molar-refractivity contribution in [2.24, 2.45) is 0 Å². The number of hydrogen-bond acceptors (Lipinski definition) is 6. The minimum atomic E-state index is -0.768. The number of aryl methyl sites for hydroxylation is 1. The first-order chi connectivity index (χ1) is 15.7. The number of nitrogens with zero attached hydrogens (tertiary/aromatic N) is 3. The smallest absolute Gasteiger partial charge is 0.349 e. The van der Waals surface area contributed by atoms with Crippen LogP contribution in [0.4, 0.5) is 4.39 Å². The second kappa shape index (κ2) is 9.00. The Bertz CT molecular complexity index is 1520. The predicted molar refractivity (Wildman–Crippen MR) is 119 cm³/mol. The van der Waals surface area contributed by atoms with Crippen molar-refractivity contribution in [1.29, 1.82) is 0 Å². The zero-order valence-electron chi connectivity index (χ0n) is 16.9. The number of ether oxygens (including phenoxy) is 1. The molecule has 0 bridgehead atoms. The number of aromatic amines is 2. The molecule has 0 aliphatic carbocycles. The van der Waals surface area contributed by atoms with E-state index in [1.807, 2.05) is 0 Å². The minimum absolute atomic E-state index is 0.00673. The molecule has 2 heterocycles. The quantitative estimate of drug-likeness (QED) is 0.443. The van der Waals surface area contributed by atoms with Crippen LogP contribution in [-0.4, -0.2) is 25.0 Å². The van der Waals surface area contributed by atoms with E-state index in [0.717, 1.165) is 4.68 Å². The van der Waals surface area contributed by atoms with E-state index in [-0.39, 0.29) is 45.0 Å². The fourth-order valence-corrected chi connectivity index (χ4v) is 3.55. The van der Waals surface area contributed by atoms with Gasteiger partial charge in [0.05, 0.1) is 15.7 Å². The number of H-pyrrole nitrogens is 2. The molecule has 2 N–H and O–H groups in total. The Hall–Kier alpha value is -3.76. The zero-order chi connectivity index (χ0) is 23.7. The molecule has 33 heavy (non-hydrogen) atoms. The Kier molecular flexibility index (Phi) is 6.12. The van der Waals surface area contributed by atoms with E-state index in [9.17, 15) is 18.8 Å². The number of nitrogens with one attached hydrogen (secondary N) is 2. The lowest BCUT2D eigenvalue weighted by Gasteiger charge is -2.12. The second-order valence-electron chi connectivity index (χ2n) is 6.96. The van der Waals surface area contributed by atoms with E-state index in [1.165, 1.54) is 37.3 Å². The largest absolute Gasteiger partial charge is 0.434 e. The highest BCUT2D eigenvalue weighted by Gasteiger charge is 2.16. The molecule has 4 rings (SSSR count). The average molecular weight is 490 g/mol. The fraction of sp³-hybridized carbons (Fsp3) is 0.0952.